The molecule has 2 atom stereocenters. The minimum atomic E-state index is -0.837. The Kier molecular flexibility index (Phi) is 5.45. The van der Waals surface area contributed by atoms with E-state index in [1.807, 2.05) is 0 Å². The number of hydrogen-bond acceptors (Lipinski definition) is 3. The summed E-state index contributed by atoms with van der Waals surface area (Å²) >= 11 is 0. The van der Waals surface area contributed by atoms with Gasteiger partial charge in [-0.3, -0.25) is 9.59 Å². The van der Waals surface area contributed by atoms with Gasteiger partial charge in [-0.15, -0.1) is 0 Å². The molecule has 0 fully saturated rings. The van der Waals surface area contributed by atoms with Crippen LogP contribution in [-0.2, 0) is 14.3 Å². The number of allylic oxidation sites excluding steroid dienone is 2. The quantitative estimate of drug-likeness (QED) is 0.638. The lowest BCUT2D eigenvalue weighted by atomic mass is 9.75. The fraction of sp³-hybridized carbons (Fsp3) is 0.579. The number of nitrogens with one attached hydrogen (secondary N) is 1. The summed E-state index contributed by atoms with van der Waals surface area (Å²) in [7, 11) is 1.52. The monoisotopic (exact) mass is 317 g/mol. The third-order valence-electron chi connectivity index (χ3n) is 5.04. The third-order valence-corrected chi connectivity index (χ3v) is 5.04. The summed E-state index contributed by atoms with van der Waals surface area (Å²) in [5.41, 5.74) is 0.714. The molecule has 2 unspecified atom stereocenters. The number of hydrogen-bond donors (Lipinski definition) is 1. The van der Waals surface area contributed by atoms with Crippen molar-refractivity contribution < 1.29 is 14.3 Å². The van der Waals surface area contributed by atoms with Crippen LogP contribution in [0.4, 0.5) is 0 Å². The van der Waals surface area contributed by atoms with Crippen molar-refractivity contribution in [2.45, 2.75) is 57.9 Å². The molecule has 0 aromatic heterocycles. The van der Waals surface area contributed by atoms with Crippen molar-refractivity contribution in [1.82, 2.24) is 5.32 Å². The van der Waals surface area contributed by atoms with E-state index in [1.165, 1.54) is 14.0 Å². The Morgan fingerprint density at radius 3 is 2.78 bits per heavy atom. The van der Waals surface area contributed by atoms with Crippen LogP contribution in [0.5, 0.6) is 0 Å². The Labute approximate surface area is 138 Å². The zero-order chi connectivity index (χ0) is 17.0. The van der Waals surface area contributed by atoms with E-state index in [2.05, 4.69) is 24.0 Å². The Balaban J connectivity index is 2.46. The topological polar surface area (TPSA) is 55.4 Å². The SMILES string of the molecule is C=C(OC)C1=C(C2CC=CCCCC2)CC(C)(C(C)=O)NC1=O. The molecular formula is C19H27NO3. The minimum absolute atomic E-state index is 0.0215. The zero-order valence-corrected chi connectivity index (χ0v) is 14.4. The highest BCUT2D eigenvalue weighted by Crippen LogP contribution is 2.38. The fourth-order valence-electron chi connectivity index (χ4n) is 3.41. The zero-order valence-electron chi connectivity index (χ0n) is 14.4. The number of ether oxygens (including phenoxy) is 1. The molecule has 0 aromatic rings. The standard InChI is InChI=1S/C19H27NO3/c1-13(23-4)17-16(15-10-8-6-5-7-9-11-15)12-19(3,14(2)21)20-18(17)22/h6,8,15H,1,5,7,9-12H2,2-4H3,(H,20,22). The summed E-state index contributed by atoms with van der Waals surface area (Å²) in [5, 5.41) is 2.85. The van der Waals surface area contributed by atoms with Gasteiger partial charge >= 0.3 is 0 Å². The van der Waals surface area contributed by atoms with Gasteiger partial charge in [-0.2, -0.15) is 0 Å². The lowest BCUT2D eigenvalue weighted by Gasteiger charge is -2.38. The molecule has 2 rings (SSSR count). The molecule has 0 saturated heterocycles. The summed E-state index contributed by atoms with van der Waals surface area (Å²) < 4.78 is 5.25. The van der Waals surface area contributed by atoms with Gasteiger partial charge in [-0.05, 0) is 57.4 Å². The van der Waals surface area contributed by atoms with Crippen molar-refractivity contribution in [2.75, 3.05) is 7.11 Å². The van der Waals surface area contributed by atoms with Crippen LogP contribution in [0.1, 0.15) is 52.4 Å². The lowest BCUT2D eigenvalue weighted by Crippen LogP contribution is -2.55. The number of ketones is 1. The van der Waals surface area contributed by atoms with Gasteiger partial charge in [-0.1, -0.05) is 25.2 Å². The van der Waals surface area contributed by atoms with Crippen LogP contribution >= 0.6 is 0 Å². The van der Waals surface area contributed by atoms with Crippen LogP contribution < -0.4 is 5.32 Å². The molecule has 1 aliphatic carbocycles. The summed E-state index contributed by atoms with van der Waals surface area (Å²) in [4.78, 5) is 24.7. The molecule has 0 bridgehead atoms. The molecule has 1 N–H and O–H groups in total. The van der Waals surface area contributed by atoms with Crippen LogP contribution in [0.2, 0.25) is 0 Å². The predicted octanol–water partition coefficient (Wildman–Crippen LogP) is 3.45. The molecule has 0 aromatic carbocycles. The van der Waals surface area contributed by atoms with E-state index in [1.54, 1.807) is 6.92 Å². The molecule has 0 saturated carbocycles. The summed E-state index contributed by atoms with van der Waals surface area (Å²) in [5.74, 6) is 0.376. The lowest BCUT2D eigenvalue weighted by molar-refractivity contribution is -0.129. The molecule has 0 radical (unpaired) electrons. The molecular weight excluding hydrogens is 290 g/mol. The molecule has 126 valence electrons. The molecule has 4 nitrogen and oxygen atoms in total. The number of carbonyl (C=O) groups is 2. The van der Waals surface area contributed by atoms with Crippen LogP contribution in [0, 0.1) is 5.92 Å². The van der Waals surface area contributed by atoms with Gasteiger partial charge in [0.25, 0.3) is 5.91 Å². The largest absolute Gasteiger partial charge is 0.497 e. The van der Waals surface area contributed by atoms with Gasteiger partial charge in [0, 0.05) is 0 Å². The second kappa shape index (κ2) is 7.16. The van der Waals surface area contributed by atoms with Gasteiger partial charge in [0.15, 0.2) is 5.78 Å². The van der Waals surface area contributed by atoms with Gasteiger partial charge in [-0.25, -0.2) is 0 Å². The van der Waals surface area contributed by atoms with Crippen molar-refractivity contribution in [3.05, 3.63) is 35.6 Å². The first-order chi connectivity index (χ1) is 10.9. The number of methoxy groups -OCH3 is 1. The van der Waals surface area contributed by atoms with Crippen LogP contribution in [0.25, 0.3) is 0 Å². The van der Waals surface area contributed by atoms with E-state index in [4.69, 9.17) is 4.74 Å². The fourth-order valence-corrected chi connectivity index (χ4v) is 3.41. The van der Waals surface area contributed by atoms with Crippen molar-refractivity contribution in [3.63, 3.8) is 0 Å². The first-order valence-corrected chi connectivity index (χ1v) is 8.34. The number of amides is 1. The summed E-state index contributed by atoms with van der Waals surface area (Å²) in [6.07, 6.45) is 10.3. The minimum Gasteiger partial charge on any atom is -0.497 e. The van der Waals surface area contributed by atoms with Crippen LogP contribution in [0.15, 0.2) is 35.6 Å². The Bertz CT molecular complexity index is 573. The van der Waals surface area contributed by atoms with Gasteiger partial charge in [0.05, 0.1) is 18.2 Å². The van der Waals surface area contributed by atoms with Crippen molar-refractivity contribution in [2.24, 2.45) is 5.92 Å². The Morgan fingerprint density at radius 1 is 1.39 bits per heavy atom. The molecule has 23 heavy (non-hydrogen) atoms. The molecule has 1 amide bonds. The van der Waals surface area contributed by atoms with E-state index in [9.17, 15) is 9.59 Å². The van der Waals surface area contributed by atoms with Crippen LogP contribution in [0.3, 0.4) is 0 Å². The highest BCUT2D eigenvalue weighted by Gasteiger charge is 2.41. The van der Waals surface area contributed by atoms with Crippen molar-refractivity contribution >= 4 is 11.7 Å². The second-order valence-corrected chi connectivity index (χ2v) is 6.74. The average Bonchev–Trinajstić information content (AvgIpc) is 2.45. The smallest absolute Gasteiger partial charge is 0.255 e. The van der Waals surface area contributed by atoms with E-state index >= 15 is 0 Å². The highest BCUT2D eigenvalue weighted by molar-refractivity contribution is 6.03. The van der Waals surface area contributed by atoms with Crippen molar-refractivity contribution in [1.29, 1.82) is 0 Å². The highest BCUT2D eigenvalue weighted by atomic mass is 16.5. The predicted molar refractivity (Wildman–Crippen MR) is 90.7 cm³/mol. The van der Waals surface area contributed by atoms with Gasteiger partial charge < -0.3 is 10.1 Å². The summed E-state index contributed by atoms with van der Waals surface area (Å²) in [6, 6.07) is 0. The Morgan fingerprint density at radius 2 is 2.13 bits per heavy atom. The van der Waals surface area contributed by atoms with E-state index in [0.717, 1.165) is 37.7 Å². The van der Waals surface area contributed by atoms with E-state index in [-0.39, 0.29) is 17.6 Å². The van der Waals surface area contributed by atoms with E-state index in [0.29, 0.717) is 17.8 Å². The molecule has 0 spiro atoms. The van der Waals surface area contributed by atoms with Crippen LogP contribution in [-0.4, -0.2) is 24.3 Å². The summed E-state index contributed by atoms with van der Waals surface area (Å²) in [6.45, 7) is 7.22. The number of rotatable bonds is 4. The number of carbonyl (C=O) groups excluding carboxylic acids is 2. The maximum absolute atomic E-state index is 12.6. The second-order valence-electron chi connectivity index (χ2n) is 6.74. The normalized spacial score (nSPS) is 28.7. The third kappa shape index (κ3) is 3.74. The molecule has 4 heteroatoms. The van der Waals surface area contributed by atoms with E-state index < -0.39 is 5.54 Å². The average molecular weight is 317 g/mol. The molecule has 1 aliphatic heterocycles. The Hall–Kier alpha value is -1.84. The van der Waals surface area contributed by atoms with Crippen molar-refractivity contribution in [3.8, 4) is 0 Å². The molecule has 2 aliphatic rings. The first-order valence-electron chi connectivity index (χ1n) is 8.34. The molecule has 1 heterocycles. The maximum Gasteiger partial charge on any atom is 0.255 e. The maximum atomic E-state index is 12.6. The first kappa shape index (κ1) is 17.5. The van der Waals surface area contributed by atoms with Gasteiger partial charge in [0.1, 0.15) is 5.76 Å². The van der Waals surface area contributed by atoms with Gasteiger partial charge in [0.2, 0.25) is 0 Å². The number of Topliss-reactive ketones (excluding diaryl/α,β-unsaturated/α-hetero) is 1.